The fraction of sp³-hybridized carbons (Fsp3) is 0.455. The first-order valence-corrected chi connectivity index (χ1v) is 9.86. The van der Waals surface area contributed by atoms with Gasteiger partial charge >= 0.3 is 0 Å². The van der Waals surface area contributed by atoms with Crippen molar-refractivity contribution in [2.24, 2.45) is 0 Å². The third-order valence-corrected chi connectivity index (χ3v) is 5.51. The summed E-state index contributed by atoms with van der Waals surface area (Å²) in [6, 6.07) is 12.3. The number of hydrogen-bond acceptors (Lipinski definition) is 5. The fourth-order valence-electron chi connectivity index (χ4n) is 3.91. The molecule has 0 aromatic heterocycles. The van der Waals surface area contributed by atoms with E-state index in [9.17, 15) is 14.6 Å². The summed E-state index contributed by atoms with van der Waals surface area (Å²) in [4.78, 5) is 0. The van der Waals surface area contributed by atoms with E-state index in [4.69, 9.17) is 9.47 Å². The molecule has 0 fully saturated rings. The average molecular weight is 387 g/mol. The van der Waals surface area contributed by atoms with Crippen molar-refractivity contribution >= 4 is 0 Å². The van der Waals surface area contributed by atoms with Gasteiger partial charge in [0.25, 0.3) is 0 Å². The lowest BCUT2D eigenvalue weighted by atomic mass is 9.98. The summed E-state index contributed by atoms with van der Waals surface area (Å²) < 4.78 is 25.0. The Hall–Kier alpha value is -2.15. The Bertz CT molecular complexity index is 815. The maximum Gasteiger partial charge on any atom is 0.126 e. The molecule has 2 aliphatic heterocycles. The van der Waals surface area contributed by atoms with Gasteiger partial charge in [-0.25, -0.2) is 4.39 Å². The summed E-state index contributed by atoms with van der Waals surface area (Å²) in [5.41, 5.74) is 2.01. The van der Waals surface area contributed by atoms with Crippen LogP contribution in [0.15, 0.2) is 42.5 Å². The van der Waals surface area contributed by atoms with Gasteiger partial charge in [-0.1, -0.05) is 18.2 Å². The van der Waals surface area contributed by atoms with E-state index in [0.29, 0.717) is 31.7 Å². The highest BCUT2D eigenvalue weighted by Gasteiger charge is 2.28. The van der Waals surface area contributed by atoms with E-state index in [-0.39, 0.29) is 18.0 Å². The third-order valence-electron chi connectivity index (χ3n) is 5.51. The van der Waals surface area contributed by atoms with Crippen molar-refractivity contribution in [2.75, 3.05) is 13.1 Å². The minimum Gasteiger partial charge on any atom is -0.487 e. The van der Waals surface area contributed by atoms with E-state index in [0.717, 1.165) is 24.2 Å². The molecule has 0 aliphatic carbocycles. The number of hydrogen-bond donors (Lipinski definition) is 3. The number of aliphatic hydroxyl groups excluding tert-OH is 2. The number of benzene rings is 2. The summed E-state index contributed by atoms with van der Waals surface area (Å²) in [7, 11) is 0. The predicted molar refractivity (Wildman–Crippen MR) is 103 cm³/mol. The first kappa shape index (κ1) is 19.2. The quantitative estimate of drug-likeness (QED) is 0.709. The first-order valence-electron chi connectivity index (χ1n) is 9.86. The zero-order valence-corrected chi connectivity index (χ0v) is 15.7. The summed E-state index contributed by atoms with van der Waals surface area (Å²) in [5.74, 6) is 1.19. The van der Waals surface area contributed by atoms with Crippen LogP contribution in [0.5, 0.6) is 11.5 Å². The van der Waals surface area contributed by atoms with Crippen LogP contribution in [-0.4, -0.2) is 47.7 Å². The van der Waals surface area contributed by atoms with Crippen molar-refractivity contribution in [3.05, 3.63) is 59.4 Å². The van der Waals surface area contributed by atoms with E-state index >= 15 is 0 Å². The molecule has 2 heterocycles. The second-order valence-corrected chi connectivity index (χ2v) is 7.54. The highest BCUT2D eigenvalue weighted by Crippen LogP contribution is 2.30. The molecule has 0 spiro atoms. The average Bonchev–Trinajstić information content (AvgIpc) is 2.72. The Labute approximate surface area is 164 Å². The van der Waals surface area contributed by atoms with Gasteiger partial charge < -0.3 is 25.0 Å². The third kappa shape index (κ3) is 4.29. The van der Waals surface area contributed by atoms with Crippen molar-refractivity contribution in [1.82, 2.24) is 5.32 Å². The summed E-state index contributed by atoms with van der Waals surface area (Å²) >= 11 is 0. The Balaban J connectivity index is 1.23. The maximum atomic E-state index is 13.3. The van der Waals surface area contributed by atoms with Crippen LogP contribution in [0.4, 0.5) is 4.39 Å². The number of fused-ring (bicyclic) bond motifs is 2. The molecule has 2 aromatic rings. The normalized spacial score (nSPS) is 23.0. The molecule has 5 nitrogen and oxygen atoms in total. The second kappa shape index (κ2) is 8.47. The molecule has 3 N–H and O–H groups in total. The Kier molecular flexibility index (Phi) is 5.80. The molecule has 0 amide bonds. The standard InChI is InChI=1S/C22H26FNO4/c23-16-7-10-20-15(11-16)6-9-22(28-20)18(26)13-24-12-17(25)21-8-5-14-3-1-2-4-19(14)27-21/h1-4,7,10-11,17-18,21-22,24-26H,5-6,8-9,12-13H2. The van der Waals surface area contributed by atoms with Crippen LogP contribution in [0.1, 0.15) is 24.0 Å². The van der Waals surface area contributed by atoms with Crippen molar-refractivity contribution in [1.29, 1.82) is 0 Å². The van der Waals surface area contributed by atoms with Gasteiger partial charge in [0, 0.05) is 13.1 Å². The molecule has 4 unspecified atom stereocenters. The van der Waals surface area contributed by atoms with Crippen LogP contribution in [0.2, 0.25) is 0 Å². The van der Waals surface area contributed by atoms with Gasteiger partial charge in [-0.05, 0) is 61.1 Å². The molecule has 4 atom stereocenters. The highest BCUT2D eigenvalue weighted by atomic mass is 19.1. The van der Waals surface area contributed by atoms with Crippen molar-refractivity contribution in [3.63, 3.8) is 0 Å². The van der Waals surface area contributed by atoms with E-state index in [1.165, 1.54) is 17.7 Å². The molecule has 4 rings (SSSR count). The number of rotatable bonds is 6. The Morgan fingerprint density at radius 1 is 0.893 bits per heavy atom. The van der Waals surface area contributed by atoms with Gasteiger partial charge in [-0.15, -0.1) is 0 Å². The van der Waals surface area contributed by atoms with Gasteiger partial charge in [-0.2, -0.15) is 0 Å². The number of para-hydroxylation sites is 1. The summed E-state index contributed by atoms with van der Waals surface area (Å²) in [5, 5.41) is 24.0. The van der Waals surface area contributed by atoms with Gasteiger partial charge in [0.05, 0.1) is 0 Å². The molecule has 0 saturated heterocycles. The topological polar surface area (TPSA) is 71.0 Å². The highest BCUT2D eigenvalue weighted by molar-refractivity contribution is 5.36. The van der Waals surface area contributed by atoms with Gasteiger partial charge in [0.1, 0.15) is 41.7 Å². The van der Waals surface area contributed by atoms with Gasteiger partial charge in [0.2, 0.25) is 0 Å². The van der Waals surface area contributed by atoms with Gasteiger partial charge in [0.15, 0.2) is 0 Å². The lowest BCUT2D eigenvalue weighted by Crippen LogP contribution is -2.46. The molecule has 6 heteroatoms. The van der Waals surface area contributed by atoms with Crippen molar-refractivity contribution in [2.45, 2.75) is 50.1 Å². The van der Waals surface area contributed by atoms with E-state index < -0.39 is 12.2 Å². The Morgan fingerprint density at radius 2 is 1.50 bits per heavy atom. The monoisotopic (exact) mass is 387 g/mol. The number of nitrogens with one attached hydrogen (secondary N) is 1. The largest absolute Gasteiger partial charge is 0.487 e. The number of halogens is 1. The number of aryl methyl sites for hydroxylation is 2. The molecular formula is C22H26FNO4. The van der Waals surface area contributed by atoms with Crippen LogP contribution >= 0.6 is 0 Å². The molecule has 2 aliphatic rings. The van der Waals surface area contributed by atoms with Crippen LogP contribution < -0.4 is 14.8 Å². The smallest absolute Gasteiger partial charge is 0.126 e. The Morgan fingerprint density at radius 3 is 2.21 bits per heavy atom. The van der Waals surface area contributed by atoms with Crippen LogP contribution in [0, 0.1) is 5.82 Å². The maximum absolute atomic E-state index is 13.3. The second-order valence-electron chi connectivity index (χ2n) is 7.54. The minimum absolute atomic E-state index is 0.257. The lowest BCUT2D eigenvalue weighted by molar-refractivity contribution is 0.00896. The molecule has 150 valence electrons. The molecule has 0 saturated carbocycles. The molecule has 2 aromatic carbocycles. The van der Waals surface area contributed by atoms with Gasteiger partial charge in [-0.3, -0.25) is 0 Å². The first-order chi connectivity index (χ1) is 13.6. The van der Waals surface area contributed by atoms with E-state index in [1.807, 2.05) is 24.3 Å². The lowest BCUT2D eigenvalue weighted by Gasteiger charge is -2.31. The molecule has 0 bridgehead atoms. The summed E-state index contributed by atoms with van der Waals surface area (Å²) in [6.07, 6.45) is 0.984. The number of aliphatic hydroxyl groups is 2. The zero-order chi connectivity index (χ0) is 19.5. The number of ether oxygens (including phenoxy) is 2. The fourth-order valence-corrected chi connectivity index (χ4v) is 3.91. The van der Waals surface area contributed by atoms with Crippen LogP contribution in [0.25, 0.3) is 0 Å². The minimum atomic E-state index is -0.710. The van der Waals surface area contributed by atoms with Crippen LogP contribution in [0.3, 0.4) is 0 Å². The zero-order valence-electron chi connectivity index (χ0n) is 15.7. The summed E-state index contributed by atoms with van der Waals surface area (Å²) in [6.45, 7) is 0.639. The van der Waals surface area contributed by atoms with Crippen molar-refractivity contribution < 1.29 is 24.1 Å². The predicted octanol–water partition coefficient (Wildman–Crippen LogP) is 2.22. The van der Waals surface area contributed by atoms with Crippen LogP contribution in [-0.2, 0) is 12.8 Å². The molecule has 0 radical (unpaired) electrons. The van der Waals surface area contributed by atoms with Crippen molar-refractivity contribution in [3.8, 4) is 11.5 Å². The molecule has 28 heavy (non-hydrogen) atoms. The molecular weight excluding hydrogens is 361 g/mol. The van der Waals surface area contributed by atoms with E-state index in [1.54, 1.807) is 6.07 Å². The SMILES string of the molecule is OC(CNCC(O)C1CCc2cc(F)ccc2O1)C1CCc2ccccc2O1. The van der Waals surface area contributed by atoms with E-state index in [2.05, 4.69) is 5.32 Å².